The molecule has 1 aliphatic rings. The second-order valence-corrected chi connectivity index (χ2v) is 3.54. The lowest BCUT2D eigenvalue weighted by Gasteiger charge is -2.30. The number of ether oxygens (including phenoxy) is 1. The largest absolute Gasteiger partial charge is 0.486 e. The predicted molar refractivity (Wildman–Crippen MR) is 55.0 cm³/mol. The van der Waals surface area contributed by atoms with E-state index in [4.69, 9.17) is 16.3 Å². The maximum absolute atomic E-state index is 5.88. The average Bonchev–Trinajstić information content (AvgIpc) is 2.20. The summed E-state index contributed by atoms with van der Waals surface area (Å²) in [5, 5.41) is 7.93. The molecule has 1 aromatic heterocycles. The van der Waals surface area contributed by atoms with E-state index in [1.807, 2.05) is 0 Å². The van der Waals surface area contributed by atoms with E-state index < -0.39 is 0 Å². The molecule has 1 aliphatic heterocycles. The molecule has 0 bridgehead atoms. The molecule has 76 valence electrons. The fourth-order valence-corrected chi connectivity index (χ4v) is 1.78. The lowest BCUT2D eigenvalue weighted by molar-refractivity contribution is 0.305. The molecular weight excluding hydrogens is 202 g/mol. The first-order valence-electron chi connectivity index (χ1n) is 4.72. The van der Waals surface area contributed by atoms with Crippen LogP contribution in [0.15, 0.2) is 6.20 Å². The zero-order valence-corrected chi connectivity index (χ0v) is 8.79. The summed E-state index contributed by atoms with van der Waals surface area (Å²) >= 11 is 5.88. The van der Waals surface area contributed by atoms with Gasteiger partial charge in [-0.2, -0.15) is 5.10 Å². The molecule has 5 heteroatoms. The van der Waals surface area contributed by atoms with E-state index in [9.17, 15) is 0 Å². The number of fused-ring (bicyclic) bond motifs is 1. The Kier molecular flexibility index (Phi) is 2.72. The van der Waals surface area contributed by atoms with Gasteiger partial charge in [0.25, 0.3) is 0 Å². The molecule has 4 nitrogen and oxygen atoms in total. The minimum Gasteiger partial charge on any atom is -0.486 e. The Morgan fingerprint density at radius 3 is 3.29 bits per heavy atom. The minimum absolute atomic E-state index is 0.350. The zero-order valence-electron chi connectivity index (χ0n) is 8.03. The standard InChI is InChI=1S/C9H12ClN3O/c1-2-3-13-4-5-14-8-7(13)6-11-12-9(8)10/h6H,2-5H2,1H3. The number of hydrogen-bond acceptors (Lipinski definition) is 4. The smallest absolute Gasteiger partial charge is 0.195 e. The van der Waals surface area contributed by atoms with Crippen LogP contribution >= 0.6 is 11.6 Å². The highest BCUT2D eigenvalue weighted by molar-refractivity contribution is 6.31. The third-order valence-corrected chi connectivity index (χ3v) is 2.43. The van der Waals surface area contributed by atoms with Gasteiger partial charge in [-0.1, -0.05) is 18.5 Å². The van der Waals surface area contributed by atoms with E-state index in [0.717, 1.165) is 25.2 Å². The molecule has 2 rings (SSSR count). The van der Waals surface area contributed by atoms with Crippen LogP contribution in [0.5, 0.6) is 5.75 Å². The Balaban J connectivity index is 2.34. The monoisotopic (exact) mass is 213 g/mol. The summed E-state index contributed by atoms with van der Waals surface area (Å²) in [5.41, 5.74) is 0.957. The van der Waals surface area contributed by atoms with E-state index in [1.165, 1.54) is 0 Å². The summed E-state index contributed by atoms with van der Waals surface area (Å²) in [6.07, 6.45) is 2.80. The Morgan fingerprint density at radius 2 is 2.50 bits per heavy atom. The molecule has 0 atom stereocenters. The van der Waals surface area contributed by atoms with Crippen LogP contribution in [0.2, 0.25) is 5.15 Å². The third-order valence-electron chi connectivity index (χ3n) is 2.19. The van der Waals surface area contributed by atoms with Gasteiger partial charge in [0.05, 0.1) is 12.7 Å². The lowest BCUT2D eigenvalue weighted by atomic mass is 10.3. The SMILES string of the molecule is CCCN1CCOc2c1cnnc2Cl. The summed E-state index contributed by atoms with van der Waals surface area (Å²) in [6.45, 7) is 4.70. The van der Waals surface area contributed by atoms with Crippen molar-refractivity contribution in [3.63, 3.8) is 0 Å². The van der Waals surface area contributed by atoms with Crippen molar-refractivity contribution in [2.24, 2.45) is 0 Å². The van der Waals surface area contributed by atoms with Gasteiger partial charge < -0.3 is 9.64 Å². The van der Waals surface area contributed by atoms with Crippen LogP contribution in [0.3, 0.4) is 0 Å². The van der Waals surface area contributed by atoms with Crippen molar-refractivity contribution in [2.75, 3.05) is 24.6 Å². The molecule has 0 aliphatic carbocycles. The van der Waals surface area contributed by atoms with Gasteiger partial charge in [-0.15, -0.1) is 5.10 Å². The molecule has 0 fully saturated rings. The van der Waals surface area contributed by atoms with Crippen molar-refractivity contribution in [1.29, 1.82) is 0 Å². The van der Waals surface area contributed by atoms with Gasteiger partial charge in [0.15, 0.2) is 10.9 Å². The molecule has 0 N–H and O–H groups in total. The van der Waals surface area contributed by atoms with Crippen molar-refractivity contribution >= 4 is 17.3 Å². The molecule has 1 aromatic rings. The second-order valence-electron chi connectivity index (χ2n) is 3.19. The van der Waals surface area contributed by atoms with Crippen LogP contribution in [0.25, 0.3) is 0 Å². The van der Waals surface area contributed by atoms with Crippen molar-refractivity contribution in [2.45, 2.75) is 13.3 Å². The average molecular weight is 214 g/mol. The Labute approximate surface area is 87.8 Å². The third kappa shape index (κ3) is 1.62. The Hall–Kier alpha value is -1.03. The number of rotatable bonds is 2. The van der Waals surface area contributed by atoms with Gasteiger partial charge in [0.1, 0.15) is 12.3 Å². The highest BCUT2D eigenvalue weighted by Crippen LogP contribution is 2.35. The van der Waals surface area contributed by atoms with Crippen LogP contribution in [0, 0.1) is 0 Å². The summed E-state index contributed by atoms with van der Waals surface area (Å²) in [4.78, 5) is 2.22. The first kappa shape index (κ1) is 9.52. The minimum atomic E-state index is 0.350. The highest BCUT2D eigenvalue weighted by atomic mass is 35.5. The van der Waals surface area contributed by atoms with Crippen LogP contribution in [0.4, 0.5) is 5.69 Å². The van der Waals surface area contributed by atoms with Crippen molar-refractivity contribution in [3.8, 4) is 5.75 Å². The van der Waals surface area contributed by atoms with Crippen LogP contribution < -0.4 is 9.64 Å². The van der Waals surface area contributed by atoms with Gasteiger partial charge in [-0.05, 0) is 6.42 Å². The van der Waals surface area contributed by atoms with Gasteiger partial charge in [-0.3, -0.25) is 0 Å². The Bertz CT molecular complexity index is 332. The molecule has 0 amide bonds. The highest BCUT2D eigenvalue weighted by Gasteiger charge is 2.20. The van der Waals surface area contributed by atoms with Crippen LogP contribution in [-0.4, -0.2) is 29.9 Å². The maximum atomic E-state index is 5.88. The van der Waals surface area contributed by atoms with Gasteiger partial charge in [0.2, 0.25) is 0 Å². The summed E-state index contributed by atoms with van der Waals surface area (Å²) in [6, 6.07) is 0. The van der Waals surface area contributed by atoms with Gasteiger partial charge in [-0.25, -0.2) is 0 Å². The predicted octanol–water partition coefficient (Wildman–Crippen LogP) is 1.74. The quantitative estimate of drug-likeness (QED) is 0.750. The fraction of sp³-hybridized carbons (Fsp3) is 0.556. The molecule has 0 aromatic carbocycles. The summed E-state index contributed by atoms with van der Waals surface area (Å²) in [7, 11) is 0. The molecule has 0 saturated carbocycles. The number of nitrogens with zero attached hydrogens (tertiary/aromatic N) is 3. The van der Waals surface area contributed by atoms with Crippen LogP contribution in [0.1, 0.15) is 13.3 Å². The van der Waals surface area contributed by atoms with E-state index >= 15 is 0 Å². The molecule has 0 saturated heterocycles. The zero-order chi connectivity index (χ0) is 9.97. The first-order chi connectivity index (χ1) is 6.83. The number of anilines is 1. The van der Waals surface area contributed by atoms with Crippen molar-refractivity contribution in [1.82, 2.24) is 10.2 Å². The molecule has 14 heavy (non-hydrogen) atoms. The van der Waals surface area contributed by atoms with Crippen LogP contribution in [-0.2, 0) is 0 Å². The van der Waals surface area contributed by atoms with E-state index in [1.54, 1.807) is 6.20 Å². The lowest BCUT2D eigenvalue weighted by Crippen LogP contribution is -2.33. The molecule has 2 heterocycles. The van der Waals surface area contributed by atoms with Crippen molar-refractivity contribution in [3.05, 3.63) is 11.3 Å². The number of aromatic nitrogens is 2. The van der Waals surface area contributed by atoms with E-state index in [0.29, 0.717) is 17.5 Å². The number of hydrogen-bond donors (Lipinski definition) is 0. The van der Waals surface area contributed by atoms with Gasteiger partial charge in [0, 0.05) is 6.54 Å². The maximum Gasteiger partial charge on any atom is 0.195 e. The topological polar surface area (TPSA) is 38.2 Å². The fourth-order valence-electron chi connectivity index (χ4n) is 1.58. The Morgan fingerprint density at radius 1 is 1.64 bits per heavy atom. The first-order valence-corrected chi connectivity index (χ1v) is 5.09. The second kappa shape index (κ2) is 4.00. The number of halogens is 1. The van der Waals surface area contributed by atoms with Crippen molar-refractivity contribution < 1.29 is 4.74 Å². The molecular formula is C9H12ClN3O. The van der Waals surface area contributed by atoms with Gasteiger partial charge >= 0.3 is 0 Å². The van der Waals surface area contributed by atoms with E-state index in [-0.39, 0.29) is 0 Å². The summed E-state index contributed by atoms with van der Waals surface area (Å²) < 4.78 is 5.45. The molecule has 0 radical (unpaired) electrons. The molecule has 0 spiro atoms. The van der Waals surface area contributed by atoms with E-state index in [2.05, 4.69) is 22.0 Å². The normalized spacial score (nSPS) is 14.9. The molecule has 0 unspecified atom stereocenters. The summed E-state index contributed by atoms with van der Waals surface area (Å²) in [5.74, 6) is 0.668.